The van der Waals surface area contributed by atoms with Crippen LogP contribution in [0.3, 0.4) is 0 Å². The van der Waals surface area contributed by atoms with Crippen LogP contribution in [0, 0.1) is 23.7 Å². The molecule has 2 saturated heterocycles. The van der Waals surface area contributed by atoms with Crippen molar-refractivity contribution in [3.05, 3.63) is 24.3 Å². The molecule has 0 radical (unpaired) electrons. The third-order valence-corrected chi connectivity index (χ3v) is 14.9. The number of alkyl carbamates (subject to hydrolysis) is 2. The summed E-state index contributed by atoms with van der Waals surface area (Å²) < 4.78 is 10.7. The average molecular weight is 1020 g/mol. The van der Waals surface area contributed by atoms with Crippen LogP contribution in [0.25, 0.3) is 0 Å². The summed E-state index contributed by atoms with van der Waals surface area (Å²) in [6.45, 7) is 13.0. The Morgan fingerprint density at radius 2 is 1.07 bits per heavy atom. The van der Waals surface area contributed by atoms with E-state index in [9.17, 15) is 43.5 Å². The molecule has 0 aromatic heterocycles. The van der Waals surface area contributed by atoms with Gasteiger partial charge in [0.05, 0.1) is 0 Å². The van der Waals surface area contributed by atoms with Crippen molar-refractivity contribution in [3.63, 3.8) is 0 Å². The molecule has 19 heteroatoms. The van der Waals surface area contributed by atoms with Crippen molar-refractivity contribution in [3.8, 4) is 0 Å². The van der Waals surface area contributed by atoms with Crippen molar-refractivity contribution < 1.29 is 52.9 Å². The van der Waals surface area contributed by atoms with E-state index in [2.05, 4.69) is 38.7 Å². The Balaban J connectivity index is 0.000000218. The highest BCUT2D eigenvalue weighted by Gasteiger charge is 2.62. The van der Waals surface area contributed by atoms with E-state index < -0.39 is 70.5 Å². The van der Waals surface area contributed by atoms with E-state index >= 15 is 0 Å². The number of carbonyl (C=O) groups excluding carboxylic acids is 7. The quantitative estimate of drug-likeness (QED) is 0.156. The van der Waals surface area contributed by atoms with Crippen molar-refractivity contribution in [1.29, 1.82) is 0 Å². The summed E-state index contributed by atoms with van der Waals surface area (Å²) in [5.74, 6) is -1.29. The minimum absolute atomic E-state index is 0.0297. The summed E-state index contributed by atoms with van der Waals surface area (Å²) in [5.41, 5.74) is 1.64. The van der Waals surface area contributed by atoms with Crippen molar-refractivity contribution in [1.82, 2.24) is 36.4 Å². The lowest BCUT2D eigenvalue weighted by Gasteiger charge is -2.30. The molecule has 0 aromatic rings. The number of aliphatic carboxylic acids is 1. The zero-order chi connectivity index (χ0) is 53.1. The van der Waals surface area contributed by atoms with Gasteiger partial charge in [-0.3, -0.25) is 24.0 Å². The molecule has 6 fully saturated rings. The van der Waals surface area contributed by atoms with Crippen LogP contribution in [-0.2, 0) is 38.2 Å². The highest BCUT2D eigenvalue weighted by atomic mass is 16.6. The molecular formula is C54H86N8O11. The molecule has 7 amide bonds. The minimum atomic E-state index is -1.29. The number of carboxylic acids is 1. The van der Waals surface area contributed by atoms with Crippen molar-refractivity contribution in [2.45, 2.75) is 216 Å². The molecule has 0 aromatic carbocycles. The molecular weight excluding hydrogens is 937 g/mol. The lowest BCUT2D eigenvalue weighted by molar-refractivity contribution is -0.145. The summed E-state index contributed by atoms with van der Waals surface area (Å²) in [6.07, 6.45) is 22.9. The molecule has 8 atom stereocenters. The summed E-state index contributed by atoms with van der Waals surface area (Å²) in [7, 11) is 0. The van der Waals surface area contributed by atoms with Crippen molar-refractivity contribution in [2.75, 3.05) is 26.2 Å². The number of allylic oxidation sites excluding steroid dienone is 2. The summed E-state index contributed by atoms with van der Waals surface area (Å²) in [4.78, 5) is 106. The first-order chi connectivity index (χ1) is 34.6. The van der Waals surface area contributed by atoms with Gasteiger partial charge < -0.3 is 56.7 Å². The van der Waals surface area contributed by atoms with Gasteiger partial charge >= 0.3 is 18.2 Å². The van der Waals surface area contributed by atoms with Gasteiger partial charge in [-0.25, -0.2) is 14.4 Å². The second-order valence-corrected chi connectivity index (χ2v) is 23.6. The van der Waals surface area contributed by atoms with E-state index in [4.69, 9.17) is 15.2 Å². The van der Waals surface area contributed by atoms with Crippen LogP contribution >= 0.6 is 0 Å². The first-order valence-corrected chi connectivity index (χ1v) is 27.3. The number of fused-ring (bicyclic) bond motifs is 4. The van der Waals surface area contributed by atoms with Gasteiger partial charge in [0.2, 0.25) is 29.5 Å². The molecule has 8 aliphatic rings. The molecule has 4 saturated carbocycles. The van der Waals surface area contributed by atoms with Crippen LogP contribution < -0.4 is 32.3 Å². The van der Waals surface area contributed by atoms with E-state index in [1.807, 2.05) is 12.2 Å². The Labute approximate surface area is 432 Å². The maximum atomic E-state index is 13.6. The zero-order valence-corrected chi connectivity index (χ0v) is 44.4. The van der Waals surface area contributed by atoms with Crippen LogP contribution in [0.15, 0.2) is 24.3 Å². The fourth-order valence-corrected chi connectivity index (χ4v) is 10.1. The maximum absolute atomic E-state index is 13.6. The third kappa shape index (κ3) is 16.6. The standard InChI is InChI=1S/C27H42N4O5.C23H35N3O6.C4H9N/c1-26(2,3)36-25(35)29-20-11-8-6-4-5-7-10-19-16-27(19,24(34)28-17-18-13-14-18)30-22(32)21-12-9-15-31(21)23(20)33;1-22(2,3)32-21(31)24-16-11-8-6-4-5-7-10-15-14-23(15,20(29)30)25-18(27)17-12-9-13-26(17)19(16)28;5-3-4-1-2-4/h7,10,18-21H,4-6,8-9,11-17H2,1-3H3,(H,28,34)(H,29,35)(H,30,32);7,10,15-17H,4-6,8-9,11-14H2,1-3H3,(H,24,31)(H,25,27)(H,29,30);4H,1-3,5H2/b2*10-7-;/t19-,20+,21?,27-;15-,16+,17?,23-;/m11./s1. The predicted octanol–water partition coefficient (Wildman–Crippen LogP) is 5.50. The van der Waals surface area contributed by atoms with Crippen LogP contribution in [-0.4, -0.2) is 135 Å². The molecule has 408 valence electrons. The number of nitrogens with zero attached hydrogens (tertiary/aromatic N) is 2. The minimum Gasteiger partial charge on any atom is -0.479 e. The number of hydrogen-bond donors (Lipinski definition) is 7. The fraction of sp³-hybridized carbons (Fsp3) is 0.778. The van der Waals surface area contributed by atoms with Gasteiger partial charge in [-0.1, -0.05) is 50.0 Å². The largest absolute Gasteiger partial charge is 0.479 e. The topological polar surface area (TPSA) is 268 Å². The summed E-state index contributed by atoms with van der Waals surface area (Å²) in [6, 6.07) is -2.93. The molecule has 4 aliphatic carbocycles. The molecule has 8 rings (SSSR count). The highest BCUT2D eigenvalue weighted by molar-refractivity contribution is 5.99. The summed E-state index contributed by atoms with van der Waals surface area (Å²) in [5, 5.41) is 24.0. The lowest BCUT2D eigenvalue weighted by atomic mass is 10.0. The Kier molecular flexibility index (Phi) is 19.5. The zero-order valence-electron chi connectivity index (χ0n) is 44.4. The molecule has 0 spiro atoms. The average Bonchev–Trinajstić information content (AvgIpc) is 4.24. The van der Waals surface area contributed by atoms with Gasteiger partial charge in [-0.05, 0) is 163 Å². The van der Waals surface area contributed by atoms with Crippen molar-refractivity contribution >= 4 is 47.7 Å². The number of carboxylic acid groups (broad SMARTS) is 1. The molecule has 4 heterocycles. The van der Waals surface area contributed by atoms with E-state index in [1.165, 1.54) is 17.7 Å². The number of hydrogen-bond acceptors (Lipinski definition) is 11. The van der Waals surface area contributed by atoms with E-state index in [1.54, 1.807) is 46.4 Å². The van der Waals surface area contributed by atoms with Gasteiger partial charge in [-0.2, -0.15) is 0 Å². The third-order valence-electron chi connectivity index (χ3n) is 14.9. The maximum Gasteiger partial charge on any atom is 0.408 e. The van der Waals surface area contributed by atoms with E-state index in [0.29, 0.717) is 76.9 Å². The SMILES string of the molecule is CC(C)(C)OC(=O)N[C@H]1CCCCC/C=C\[C@@H]2C[C@@]2(C(=O)NCC2CC2)NC(=O)C2CCCN2C1=O.CC(C)(C)OC(=O)N[C@H]1CCCCC/C=C\[C@@H]2C[C@@]2(C(=O)O)NC(=O)C2CCCN2C1=O.NCC1CC1. The molecule has 0 bridgehead atoms. The first kappa shape index (κ1) is 57.1. The Morgan fingerprint density at radius 1 is 0.630 bits per heavy atom. The second-order valence-electron chi connectivity index (χ2n) is 23.6. The Morgan fingerprint density at radius 3 is 1.48 bits per heavy atom. The number of nitrogens with two attached hydrogens (primary N) is 1. The normalized spacial score (nSPS) is 31.7. The lowest BCUT2D eigenvalue weighted by Crippen LogP contribution is -2.58. The fourth-order valence-electron chi connectivity index (χ4n) is 10.1. The Bertz CT molecular complexity index is 2060. The van der Waals surface area contributed by atoms with Gasteiger partial charge in [-0.15, -0.1) is 0 Å². The number of nitrogens with one attached hydrogen (secondary N) is 5. The molecule has 8 N–H and O–H groups in total. The molecule has 73 heavy (non-hydrogen) atoms. The Hall–Kier alpha value is -5.20. The van der Waals surface area contributed by atoms with Crippen LogP contribution in [0.5, 0.6) is 0 Å². The predicted molar refractivity (Wildman–Crippen MR) is 273 cm³/mol. The van der Waals surface area contributed by atoms with E-state index in [-0.39, 0.29) is 35.5 Å². The number of carbonyl (C=O) groups is 8. The molecule has 4 aliphatic heterocycles. The highest BCUT2D eigenvalue weighted by Crippen LogP contribution is 2.47. The van der Waals surface area contributed by atoms with E-state index in [0.717, 1.165) is 76.7 Å². The van der Waals surface area contributed by atoms with Gasteiger partial charge in [0.15, 0.2) is 0 Å². The van der Waals surface area contributed by atoms with Crippen LogP contribution in [0.2, 0.25) is 0 Å². The second kappa shape index (κ2) is 24.9. The number of rotatable bonds is 7. The smallest absolute Gasteiger partial charge is 0.408 e. The summed E-state index contributed by atoms with van der Waals surface area (Å²) >= 11 is 0. The van der Waals surface area contributed by atoms with Crippen molar-refractivity contribution in [2.24, 2.45) is 29.4 Å². The van der Waals surface area contributed by atoms with Crippen LogP contribution in [0.4, 0.5) is 9.59 Å². The monoisotopic (exact) mass is 1020 g/mol. The first-order valence-electron chi connectivity index (χ1n) is 27.3. The number of ether oxygens (including phenoxy) is 2. The molecule has 19 nitrogen and oxygen atoms in total. The van der Waals surface area contributed by atoms with Gasteiger partial charge in [0, 0.05) is 31.5 Å². The van der Waals surface area contributed by atoms with Gasteiger partial charge in [0.1, 0.15) is 46.4 Å². The number of amides is 7. The van der Waals surface area contributed by atoms with Crippen LogP contribution in [0.1, 0.15) is 170 Å². The molecule has 2 unspecified atom stereocenters. The van der Waals surface area contributed by atoms with Gasteiger partial charge in [0.25, 0.3) is 0 Å².